The minimum atomic E-state index is -0.958. The quantitative estimate of drug-likeness (QED) is 0.266. The second-order valence-corrected chi connectivity index (χ2v) is 12.8. The van der Waals surface area contributed by atoms with E-state index in [-0.39, 0.29) is 24.3 Å². The lowest BCUT2D eigenvalue weighted by molar-refractivity contribution is -0.145. The third-order valence-corrected chi connectivity index (χ3v) is 8.04. The van der Waals surface area contributed by atoms with Crippen molar-refractivity contribution in [3.8, 4) is 0 Å². The zero-order chi connectivity index (χ0) is 31.3. The summed E-state index contributed by atoms with van der Waals surface area (Å²) in [7, 11) is 0. The first-order chi connectivity index (χ1) is 20.3. The molecule has 1 aliphatic rings. The fourth-order valence-corrected chi connectivity index (χ4v) is 5.59. The molecule has 1 aliphatic carbocycles. The molecular weight excluding hydrogens is 562 g/mol. The molecule has 0 radical (unpaired) electrons. The molecule has 0 aromatic heterocycles. The number of nitrogens with zero attached hydrogens (tertiary/aromatic N) is 1. The fourth-order valence-electron chi connectivity index (χ4n) is 5.32. The van der Waals surface area contributed by atoms with Crippen LogP contribution in [-0.2, 0) is 20.7 Å². The van der Waals surface area contributed by atoms with Crippen molar-refractivity contribution < 1.29 is 19.1 Å². The molecule has 0 aliphatic heterocycles. The summed E-state index contributed by atoms with van der Waals surface area (Å²) < 4.78 is 5.55. The molecule has 43 heavy (non-hydrogen) atoms. The van der Waals surface area contributed by atoms with Crippen molar-refractivity contribution >= 4 is 35.2 Å². The second kappa shape index (κ2) is 13.6. The highest BCUT2D eigenvalue weighted by Gasteiger charge is 2.42. The SMILES string of the molecule is Cc1ccc(C)c(C(C(=O)Nc2c(C)cccc2Cl)N(C(=O)C(Cc2ccccc2)NC(=O)OC(C)(C)C)C2CCC2)c1. The summed E-state index contributed by atoms with van der Waals surface area (Å²) in [5.41, 5.74) is 4.06. The van der Waals surface area contributed by atoms with E-state index in [0.717, 1.165) is 47.1 Å². The maximum atomic E-state index is 14.7. The minimum Gasteiger partial charge on any atom is -0.444 e. The number of hydrogen-bond acceptors (Lipinski definition) is 4. The van der Waals surface area contributed by atoms with Crippen LogP contribution in [0.25, 0.3) is 0 Å². The van der Waals surface area contributed by atoms with Gasteiger partial charge in [-0.2, -0.15) is 0 Å². The average Bonchev–Trinajstić information content (AvgIpc) is 2.90. The Hall–Kier alpha value is -3.84. The zero-order valence-corrected chi connectivity index (χ0v) is 26.6. The molecule has 228 valence electrons. The number of ether oxygens (including phenoxy) is 1. The van der Waals surface area contributed by atoms with E-state index in [4.69, 9.17) is 16.3 Å². The molecular formula is C35H42ClN3O4. The Kier molecular flexibility index (Phi) is 10.2. The maximum Gasteiger partial charge on any atom is 0.408 e. The molecule has 3 amide bonds. The molecule has 8 heteroatoms. The number of carbonyl (C=O) groups is 3. The predicted octanol–water partition coefficient (Wildman–Crippen LogP) is 7.46. The van der Waals surface area contributed by atoms with E-state index in [0.29, 0.717) is 10.7 Å². The van der Waals surface area contributed by atoms with Gasteiger partial charge in [0, 0.05) is 12.5 Å². The van der Waals surface area contributed by atoms with E-state index in [1.165, 1.54) is 0 Å². The summed E-state index contributed by atoms with van der Waals surface area (Å²) in [6, 6.07) is 18.8. The van der Waals surface area contributed by atoms with Gasteiger partial charge < -0.3 is 20.3 Å². The standard InChI is InChI=1S/C35H42ClN3O4/c1-22-18-19-23(2)27(20-22)31(32(40)38-30-24(3)12-10-17-28(30)36)39(26-15-11-16-26)33(41)29(21-25-13-8-7-9-14-25)37-34(42)43-35(4,5)6/h7-10,12-14,17-20,26,29,31H,11,15-16,21H2,1-6H3,(H,37,42)(H,38,40). The van der Waals surface area contributed by atoms with Gasteiger partial charge in [-0.15, -0.1) is 0 Å². The molecule has 3 aromatic carbocycles. The number of hydrogen-bond donors (Lipinski definition) is 2. The molecule has 2 atom stereocenters. The Morgan fingerprint density at radius 3 is 2.26 bits per heavy atom. The first kappa shape index (κ1) is 32.1. The van der Waals surface area contributed by atoms with Gasteiger partial charge in [0.1, 0.15) is 17.7 Å². The Morgan fingerprint density at radius 2 is 1.65 bits per heavy atom. The predicted molar refractivity (Wildman–Crippen MR) is 171 cm³/mol. The number of nitrogens with one attached hydrogen (secondary N) is 2. The van der Waals surface area contributed by atoms with Crippen molar-refractivity contribution in [2.45, 2.75) is 91.0 Å². The van der Waals surface area contributed by atoms with Crippen LogP contribution in [0.3, 0.4) is 0 Å². The van der Waals surface area contributed by atoms with Crippen molar-refractivity contribution in [2.24, 2.45) is 0 Å². The molecule has 1 fully saturated rings. The van der Waals surface area contributed by atoms with E-state index in [1.54, 1.807) is 31.7 Å². The van der Waals surface area contributed by atoms with Gasteiger partial charge in [0.15, 0.2) is 0 Å². The van der Waals surface area contributed by atoms with Gasteiger partial charge in [-0.1, -0.05) is 77.8 Å². The summed E-state index contributed by atoms with van der Waals surface area (Å²) in [6.45, 7) is 11.1. The summed E-state index contributed by atoms with van der Waals surface area (Å²) in [4.78, 5) is 43.8. The van der Waals surface area contributed by atoms with Crippen LogP contribution in [-0.4, -0.2) is 40.5 Å². The number of halogens is 1. The average molecular weight is 604 g/mol. The van der Waals surface area contributed by atoms with Crippen LogP contribution in [0.15, 0.2) is 66.7 Å². The third kappa shape index (κ3) is 8.17. The number of rotatable bonds is 9. The number of para-hydroxylation sites is 1. The van der Waals surface area contributed by atoms with Crippen molar-refractivity contribution in [3.05, 3.63) is 99.6 Å². The molecule has 0 heterocycles. The summed E-state index contributed by atoms with van der Waals surface area (Å²) in [5, 5.41) is 6.30. The van der Waals surface area contributed by atoms with Crippen LogP contribution in [0.4, 0.5) is 10.5 Å². The van der Waals surface area contributed by atoms with Crippen LogP contribution in [0.2, 0.25) is 5.02 Å². The molecule has 4 rings (SSSR count). The van der Waals surface area contributed by atoms with Crippen molar-refractivity contribution in [1.29, 1.82) is 0 Å². The molecule has 1 saturated carbocycles. The Morgan fingerprint density at radius 1 is 0.953 bits per heavy atom. The molecule has 3 aromatic rings. The smallest absolute Gasteiger partial charge is 0.408 e. The highest BCUT2D eigenvalue weighted by molar-refractivity contribution is 6.34. The molecule has 2 unspecified atom stereocenters. The minimum absolute atomic E-state index is 0.172. The lowest BCUT2D eigenvalue weighted by atomic mass is 9.86. The van der Waals surface area contributed by atoms with Gasteiger partial charge in [0.25, 0.3) is 5.91 Å². The monoisotopic (exact) mass is 603 g/mol. The van der Waals surface area contributed by atoms with Crippen LogP contribution >= 0.6 is 11.6 Å². The largest absolute Gasteiger partial charge is 0.444 e. The molecule has 0 saturated heterocycles. The van der Waals surface area contributed by atoms with Gasteiger partial charge in [-0.25, -0.2) is 4.79 Å². The molecule has 0 bridgehead atoms. The summed E-state index contributed by atoms with van der Waals surface area (Å²) >= 11 is 6.52. The van der Waals surface area contributed by atoms with E-state index >= 15 is 0 Å². The topological polar surface area (TPSA) is 87.7 Å². The second-order valence-electron chi connectivity index (χ2n) is 12.4. The van der Waals surface area contributed by atoms with E-state index in [1.807, 2.05) is 81.4 Å². The van der Waals surface area contributed by atoms with Gasteiger partial charge in [-0.3, -0.25) is 9.59 Å². The van der Waals surface area contributed by atoms with Gasteiger partial charge in [0.05, 0.1) is 10.7 Å². The number of carbonyl (C=O) groups excluding carboxylic acids is 3. The molecule has 7 nitrogen and oxygen atoms in total. The third-order valence-electron chi connectivity index (χ3n) is 7.72. The van der Waals surface area contributed by atoms with Crippen LogP contribution < -0.4 is 10.6 Å². The van der Waals surface area contributed by atoms with Gasteiger partial charge in [-0.05, 0) is 89.1 Å². The normalized spacial score (nSPS) is 14.7. The summed E-state index contributed by atoms with van der Waals surface area (Å²) in [6.07, 6.45) is 2.02. The van der Waals surface area contributed by atoms with Crippen LogP contribution in [0.5, 0.6) is 0 Å². The van der Waals surface area contributed by atoms with E-state index < -0.39 is 23.8 Å². The van der Waals surface area contributed by atoms with Crippen LogP contribution in [0.1, 0.15) is 73.9 Å². The Labute approximate surface area is 260 Å². The summed E-state index contributed by atoms with van der Waals surface area (Å²) in [5.74, 6) is -0.697. The number of aryl methyl sites for hydroxylation is 3. The Balaban J connectivity index is 1.80. The van der Waals surface area contributed by atoms with Crippen molar-refractivity contribution in [3.63, 3.8) is 0 Å². The first-order valence-electron chi connectivity index (χ1n) is 14.8. The number of anilines is 1. The highest BCUT2D eigenvalue weighted by atomic mass is 35.5. The number of benzene rings is 3. The molecule has 0 spiro atoms. The highest BCUT2D eigenvalue weighted by Crippen LogP contribution is 2.37. The number of alkyl carbamates (subject to hydrolysis) is 1. The number of amides is 3. The lowest BCUT2D eigenvalue weighted by Gasteiger charge is -2.44. The zero-order valence-electron chi connectivity index (χ0n) is 25.9. The van der Waals surface area contributed by atoms with Gasteiger partial charge >= 0.3 is 6.09 Å². The van der Waals surface area contributed by atoms with Crippen molar-refractivity contribution in [2.75, 3.05) is 5.32 Å². The van der Waals surface area contributed by atoms with Gasteiger partial charge in [0.2, 0.25) is 5.91 Å². The maximum absolute atomic E-state index is 14.7. The fraction of sp³-hybridized carbons (Fsp3) is 0.400. The van der Waals surface area contributed by atoms with Crippen LogP contribution in [0, 0.1) is 20.8 Å². The lowest BCUT2D eigenvalue weighted by Crippen LogP contribution is -2.57. The van der Waals surface area contributed by atoms with Crippen molar-refractivity contribution in [1.82, 2.24) is 10.2 Å². The Bertz CT molecular complexity index is 1440. The first-order valence-corrected chi connectivity index (χ1v) is 15.2. The molecule has 2 N–H and O–H groups in total. The van der Waals surface area contributed by atoms with E-state index in [9.17, 15) is 14.4 Å². The van der Waals surface area contributed by atoms with E-state index in [2.05, 4.69) is 10.6 Å².